The first-order valence-corrected chi connectivity index (χ1v) is 9.57. The quantitative estimate of drug-likeness (QED) is 0.903. The number of aromatic nitrogens is 4. The Balaban J connectivity index is 1.53. The van der Waals surface area contributed by atoms with E-state index in [0.29, 0.717) is 12.5 Å². The number of tetrazole rings is 1. The average Bonchev–Trinajstić information content (AvgIpc) is 3.33. The van der Waals surface area contributed by atoms with Crippen molar-refractivity contribution in [3.8, 4) is 0 Å². The zero-order chi connectivity index (χ0) is 17.1. The minimum atomic E-state index is -0.00545. The van der Waals surface area contributed by atoms with Gasteiger partial charge in [0.1, 0.15) is 0 Å². The van der Waals surface area contributed by atoms with Gasteiger partial charge in [-0.15, -0.1) is 10.2 Å². The summed E-state index contributed by atoms with van der Waals surface area (Å²) >= 11 is 0. The fourth-order valence-electron chi connectivity index (χ4n) is 4.48. The van der Waals surface area contributed by atoms with Gasteiger partial charge in [-0.25, -0.2) is 0 Å². The monoisotopic (exact) mass is 340 g/mol. The summed E-state index contributed by atoms with van der Waals surface area (Å²) in [5.41, 5.74) is 7.07. The van der Waals surface area contributed by atoms with Gasteiger partial charge in [-0.2, -0.15) is 4.80 Å². The number of nitrogens with zero attached hydrogens (tertiary/aromatic N) is 5. The largest absolute Gasteiger partial charge is 0.330 e. The fourth-order valence-corrected chi connectivity index (χ4v) is 4.48. The third-order valence-electron chi connectivity index (χ3n) is 6.02. The minimum Gasteiger partial charge on any atom is -0.330 e. The lowest BCUT2D eigenvalue weighted by Gasteiger charge is -2.43. The molecule has 25 heavy (non-hydrogen) atoms. The lowest BCUT2D eigenvalue weighted by atomic mass is 9.88. The number of hydrogen-bond donors (Lipinski definition) is 1. The number of benzene rings is 1. The van der Waals surface area contributed by atoms with Gasteiger partial charge in [0.25, 0.3) is 0 Å². The Bertz CT molecular complexity index is 668. The van der Waals surface area contributed by atoms with Crippen LogP contribution < -0.4 is 5.73 Å². The van der Waals surface area contributed by atoms with Gasteiger partial charge < -0.3 is 5.73 Å². The smallest absolute Gasteiger partial charge is 0.194 e. The summed E-state index contributed by atoms with van der Waals surface area (Å²) in [5, 5.41) is 13.7. The average molecular weight is 340 g/mol. The number of likely N-dealkylation sites (tertiary alicyclic amines) is 1. The molecule has 0 bridgehead atoms. The number of piperidine rings is 1. The predicted molar refractivity (Wildman–Crippen MR) is 96.9 cm³/mol. The summed E-state index contributed by atoms with van der Waals surface area (Å²) in [6.45, 7) is 3.70. The molecule has 2 fully saturated rings. The van der Waals surface area contributed by atoms with Crippen LogP contribution in [0.15, 0.2) is 30.3 Å². The molecule has 2 aliphatic rings. The van der Waals surface area contributed by atoms with Crippen LogP contribution in [-0.2, 0) is 12.1 Å². The summed E-state index contributed by atoms with van der Waals surface area (Å²) in [4.78, 5) is 4.37. The topological polar surface area (TPSA) is 72.9 Å². The van der Waals surface area contributed by atoms with Crippen molar-refractivity contribution in [3.05, 3.63) is 41.7 Å². The van der Waals surface area contributed by atoms with Crippen molar-refractivity contribution in [1.29, 1.82) is 0 Å². The van der Waals surface area contributed by atoms with E-state index in [1.54, 1.807) is 4.80 Å². The Labute approximate surface area is 149 Å². The highest BCUT2D eigenvalue weighted by Crippen LogP contribution is 2.43. The van der Waals surface area contributed by atoms with E-state index >= 15 is 0 Å². The minimum absolute atomic E-state index is 0.00545. The molecule has 0 atom stereocenters. The summed E-state index contributed by atoms with van der Waals surface area (Å²) in [5.74, 6) is 1.60. The van der Waals surface area contributed by atoms with E-state index in [9.17, 15) is 0 Å². The van der Waals surface area contributed by atoms with Crippen LogP contribution in [0.1, 0.15) is 49.9 Å². The van der Waals surface area contributed by atoms with Gasteiger partial charge in [0.15, 0.2) is 5.82 Å². The molecule has 1 aliphatic carbocycles. The molecule has 1 aliphatic heterocycles. The molecule has 2 aromatic rings. The van der Waals surface area contributed by atoms with Gasteiger partial charge in [-0.05, 0) is 62.0 Å². The van der Waals surface area contributed by atoms with E-state index in [1.807, 2.05) is 18.2 Å². The molecule has 1 aromatic heterocycles. The SMILES string of the molecule is NCC1CCN(C2(c3nnn(Cc4ccccc4)n3)CCCC2)CC1. The van der Waals surface area contributed by atoms with Crippen molar-refractivity contribution >= 4 is 0 Å². The van der Waals surface area contributed by atoms with Crippen LogP contribution >= 0.6 is 0 Å². The molecule has 0 unspecified atom stereocenters. The standard InChI is InChI=1S/C19H28N6/c20-14-16-8-12-24(13-9-16)19(10-4-5-11-19)18-21-23-25(22-18)15-17-6-2-1-3-7-17/h1-3,6-7,16H,4-5,8-15,20H2. The van der Waals surface area contributed by atoms with Crippen molar-refractivity contribution in [1.82, 2.24) is 25.1 Å². The van der Waals surface area contributed by atoms with Crippen LogP contribution in [0.25, 0.3) is 0 Å². The Hall–Kier alpha value is -1.79. The van der Waals surface area contributed by atoms with Crippen LogP contribution in [0.4, 0.5) is 0 Å². The van der Waals surface area contributed by atoms with Gasteiger partial charge in [0.05, 0.1) is 12.1 Å². The molecule has 0 spiro atoms. The van der Waals surface area contributed by atoms with Crippen molar-refractivity contribution in [2.45, 2.75) is 50.6 Å². The first-order valence-electron chi connectivity index (χ1n) is 9.57. The first kappa shape index (κ1) is 16.7. The Morgan fingerprint density at radius 3 is 2.48 bits per heavy atom. The van der Waals surface area contributed by atoms with Gasteiger partial charge in [-0.3, -0.25) is 4.90 Å². The molecule has 2 heterocycles. The van der Waals surface area contributed by atoms with Gasteiger partial charge in [0, 0.05) is 0 Å². The van der Waals surface area contributed by atoms with Crippen LogP contribution in [0, 0.1) is 5.92 Å². The molecule has 4 rings (SSSR count). The zero-order valence-corrected chi connectivity index (χ0v) is 14.8. The predicted octanol–water partition coefficient (Wildman–Crippen LogP) is 2.16. The number of hydrogen-bond acceptors (Lipinski definition) is 5. The van der Waals surface area contributed by atoms with Crippen LogP contribution in [0.3, 0.4) is 0 Å². The van der Waals surface area contributed by atoms with E-state index in [0.717, 1.165) is 38.3 Å². The molecule has 0 radical (unpaired) electrons. The van der Waals surface area contributed by atoms with E-state index < -0.39 is 0 Å². The second kappa shape index (κ2) is 7.22. The number of nitrogens with two attached hydrogens (primary N) is 1. The van der Waals surface area contributed by atoms with Gasteiger partial charge in [-0.1, -0.05) is 43.2 Å². The molecule has 1 aromatic carbocycles. The summed E-state index contributed by atoms with van der Waals surface area (Å²) in [7, 11) is 0. The van der Waals surface area contributed by atoms with E-state index in [2.05, 4.69) is 27.3 Å². The lowest BCUT2D eigenvalue weighted by Crippen LogP contribution is -2.49. The van der Waals surface area contributed by atoms with E-state index in [4.69, 9.17) is 10.8 Å². The highest BCUT2D eigenvalue weighted by atomic mass is 15.6. The van der Waals surface area contributed by atoms with Crippen LogP contribution in [0.5, 0.6) is 0 Å². The van der Waals surface area contributed by atoms with E-state index in [1.165, 1.54) is 31.2 Å². The normalized spacial score (nSPS) is 21.6. The van der Waals surface area contributed by atoms with Crippen LogP contribution in [-0.4, -0.2) is 44.7 Å². The summed E-state index contributed by atoms with van der Waals surface area (Å²) in [6.07, 6.45) is 7.19. The summed E-state index contributed by atoms with van der Waals surface area (Å²) < 4.78 is 0. The third kappa shape index (κ3) is 3.33. The first-order chi connectivity index (χ1) is 12.3. The highest BCUT2D eigenvalue weighted by molar-refractivity contribution is 5.14. The Morgan fingerprint density at radius 2 is 1.80 bits per heavy atom. The molecule has 1 saturated heterocycles. The second-order valence-electron chi connectivity index (χ2n) is 7.53. The molecular formula is C19H28N6. The maximum atomic E-state index is 5.87. The van der Waals surface area contributed by atoms with Gasteiger partial charge >= 0.3 is 0 Å². The molecule has 134 valence electrons. The van der Waals surface area contributed by atoms with Crippen molar-refractivity contribution < 1.29 is 0 Å². The molecule has 6 nitrogen and oxygen atoms in total. The highest BCUT2D eigenvalue weighted by Gasteiger charge is 2.45. The Kier molecular flexibility index (Phi) is 4.81. The third-order valence-corrected chi connectivity index (χ3v) is 6.02. The fraction of sp³-hybridized carbons (Fsp3) is 0.632. The summed E-state index contributed by atoms with van der Waals surface area (Å²) in [6, 6.07) is 10.3. The van der Waals surface area contributed by atoms with Crippen LogP contribution in [0.2, 0.25) is 0 Å². The number of rotatable bonds is 5. The van der Waals surface area contributed by atoms with E-state index in [-0.39, 0.29) is 5.54 Å². The maximum absolute atomic E-state index is 5.87. The molecule has 1 saturated carbocycles. The van der Waals surface area contributed by atoms with Crippen molar-refractivity contribution in [3.63, 3.8) is 0 Å². The zero-order valence-electron chi connectivity index (χ0n) is 14.8. The van der Waals surface area contributed by atoms with Crippen molar-refractivity contribution in [2.24, 2.45) is 11.7 Å². The second-order valence-corrected chi connectivity index (χ2v) is 7.53. The van der Waals surface area contributed by atoms with Gasteiger partial charge in [0.2, 0.25) is 0 Å². The maximum Gasteiger partial charge on any atom is 0.194 e. The molecular weight excluding hydrogens is 312 g/mol. The molecule has 0 amide bonds. The Morgan fingerprint density at radius 1 is 1.08 bits per heavy atom. The molecule has 6 heteroatoms. The lowest BCUT2D eigenvalue weighted by molar-refractivity contribution is 0.0451. The van der Waals surface area contributed by atoms with Crippen molar-refractivity contribution in [2.75, 3.05) is 19.6 Å². The molecule has 2 N–H and O–H groups in total.